The smallest absolute Gasteiger partial charge is 0.332 e. The predicted molar refractivity (Wildman–Crippen MR) is 48.6 cm³/mol. The maximum atomic E-state index is 11.1. The molecule has 0 amide bonds. The van der Waals surface area contributed by atoms with E-state index in [-0.39, 0.29) is 11.6 Å². The van der Waals surface area contributed by atoms with Crippen molar-refractivity contribution < 1.29 is 19.5 Å². The van der Waals surface area contributed by atoms with Crippen molar-refractivity contribution >= 4 is 11.8 Å². The maximum Gasteiger partial charge on any atom is 0.332 e. The first kappa shape index (κ1) is 11.0. The Morgan fingerprint density at radius 3 is 3.07 bits per heavy atom. The first-order valence-corrected chi connectivity index (χ1v) is 3.86. The van der Waals surface area contributed by atoms with E-state index in [2.05, 4.69) is 20.3 Å². The zero-order valence-electron chi connectivity index (χ0n) is 7.81. The third-order valence-electron chi connectivity index (χ3n) is 1.38. The number of aromatic amines is 1. The number of carboxylic acids is 1. The number of carboxylic acid groups (broad SMARTS) is 1. The molecule has 8 nitrogen and oxygen atoms in total. The average molecular weight is 215 g/mol. The van der Waals surface area contributed by atoms with E-state index in [0.29, 0.717) is 0 Å². The van der Waals surface area contributed by atoms with Gasteiger partial charge in [0.1, 0.15) is 0 Å². The Morgan fingerprint density at radius 2 is 2.47 bits per heavy atom. The van der Waals surface area contributed by atoms with Gasteiger partial charge in [0.15, 0.2) is 12.4 Å². The van der Waals surface area contributed by atoms with Crippen LogP contribution in [0.25, 0.3) is 0 Å². The molecule has 0 aliphatic heterocycles. The lowest BCUT2D eigenvalue weighted by molar-refractivity contribution is -0.141. The number of rotatable bonds is 5. The molecule has 0 fully saturated rings. The monoisotopic (exact) mass is 215 g/mol. The second-order valence-corrected chi connectivity index (χ2v) is 2.40. The molecular formula is C7H9N3O5. The van der Waals surface area contributed by atoms with Crippen LogP contribution in [0.4, 0.5) is 5.82 Å². The summed E-state index contributed by atoms with van der Waals surface area (Å²) in [4.78, 5) is 31.8. The first-order chi connectivity index (χ1) is 7.15. The number of hydrogen-bond donors (Lipinski definition) is 3. The summed E-state index contributed by atoms with van der Waals surface area (Å²) >= 11 is 0. The van der Waals surface area contributed by atoms with Crippen molar-refractivity contribution in [3.8, 4) is 5.75 Å². The summed E-state index contributed by atoms with van der Waals surface area (Å²) in [6.45, 7) is -0.558. The molecule has 0 radical (unpaired) electrons. The highest BCUT2D eigenvalue weighted by Gasteiger charge is 2.08. The lowest BCUT2D eigenvalue weighted by atomic mass is 10.5. The highest BCUT2D eigenvalue weighted by molar-refractivity contribution is 5.68. The van der Waals surface area contributed by atoms with Gasteiger partial charge in [0, 0.05) is 0 Å². The van der Waals surface area contributed by atoms with Crippen LogP contribution in [0.15, 0.2) is 11.1 Å². The van der Waals surface area contributed by atoms with Gasteiger partial charge in [0.25, 0.3) is 5.56 Å². The lowest BCUT2D eigenvalue weighted by Crippen LogP contribution is -2.16. The molecule has 1 aromatic rings. The number of ether oxygens (including phenoxy) is 1. The molecule has 0 unspecified atom stereocenters. The van der Waals surface area contributed by atoms with Crippen LogP contribution in [0.3, 0.4) is 0 Å². The van der Waals surface area contributed by atoms with Gasteiger partial charge in [0.2, 0.25) is 5.75 Å². The quantitative estimate of drug-likeness (QED) is 0.551. The lowest BCUT2D eigenvalue weighted by Gasteiger charge is -2.06. The van der Waals surface area contributed by atoms with Gasteiger partial charge >= 0.3 is 5.97 Å². The van der Waals surface area contributed by atoms with Crippen LogP contribution in [0.2, 0.25) is 0 Å². The fourth-order valence-corrected chi connectivity index (χ4v) is 0.815. The number of aromatic nitrogens is 2. The molecule has 1 aromatic heterocycles. The van der Waals surface area contributed by atoms with E-state index in [0.717, 1.165) is 6.33 Å². The number of hydrogen-bond acceptors (Lipinski definition) is 6. The van der Waals surface area contributed by atoms with Gasteiger partial charge < -0.3 is 14.8 Å². The Morgan fingerprint density at radius 1 is 1.73 bits per heavy atom. The first-order valence-electron chi connectivity index (χ1n) is 3.86. The van der Waals surface area contributed by atoms with Crippen molar-refractivity contribution in [3.63, 3.8) is 0 Å². The topological polar surface area (TPSA) is 114 Å². The standard InChI is InChI=1S/C7H9N3O5/c1-14-5-6(8-3-9-7(5)13)10-15-2-4(11)12/h3H,2H2,1H3,(H,11,12)(H2,8,9,10,13). The summed E-state index contributed by atoms with van der Waals surface area (Å²) in [5.41, 5.74) is 1.71. The molecule has 0 aliphatic carbocycles. The summed E-state index contributed by atoms with van der Waals surface area (Å²) in [5.74, 6) is -1.21. The van der Waals surface area contributed by atoms with Crippen molar-refractivity contribution in [1.29, 1.82) is 0 Å². The van der Waals surface area contributed by atoms with E-state index in [9.17, 15) is 9.59 Å². The number of methoxy groups -OCH3 is 1. The molecule has 0 saturated heterocycles. The third kappa shape index (κ3) is 2.95. The molecule has 0 aromatic carbocycles. The van der Waals surface area contributed by atoms with Crippen LogP contribution >= 0.6 is 0 Å². The molecule has 1 rings (SSSR count). The van der Waals surface area contributed by atoms with Crippen molar-refractivity contribution in [3.05, 3.63) is 16.7 Å². The Bertz CT molecular complexity index is 402. The van der Waals surface area contributed by atoms with Gasteiger partial charge in [-0.15, -0.1) is 0 Å². The van der Waals surface area contributed by atoms with Crippen LogP contribution in [-0.2, 0) is 9.63 Å². The molecule has 0 aliphatic rings. The van der Waals surface area contributed by atoms with Crippen molar-refractivity contribution in [2.45, 2.75) is 0 Å². The van der Waals surface area contributed by atoms with Crippen molar-refractivity contribution in [2.24, 2.45) is 0 Å². The summed E-state index contributed by atoms with van der Waals surface area (Å²) in [5, 5.41) is 8.29. The molecular weight excluding hydrogens is 206 g/mol. The van der Waals surface area contributed by atoms with Crippen LogP contribution in [0.1, 0.15) is 0 Å². The number of aliphatic carboxylic acids is 1. The SMILES string of the molecule is COc1c(NOCC(=O)O)nc[nH]c1=O. The summed E-state index contributed by atoms with van der Waals surface area (Å²) in [6, 6.07) is 0. The minimum absolute atomic E-state index is 0.0162. The van der Waals surface area contributed by atoms with E-state index < -0.39 is 18.1 Å². The van der Waals surface area contributed by atoms with Crippen LogP contribution < -0.4 is 15.8 Å². The number of carbonyl (C=O) groups is 1. The average Bonchev–Trinajstić information content (AvgIpc) is 2.17. The molecule has 0 bridgehead atoms. The number of anilines is 1. The van der Waals surface area contributed by atoms with E-state index >= 15 is 0 Å². The Labute approximate surface area is 83.8 Å². The van der Waals surface area contributed by atoms with E-state index in [1.54, 1.807) is 0 Å². The zero-order valence-corrected chi connectivity index (χ0v) is 7.81. The summed E-state index contributed by atoms with van der Waals surface area (Å²) in [7, 11) is 1.29. The Balaban J connectivity index is 2.72. The van der Waals surface area contributed by atoms with Gasteiger partial charge in [-0.25, -0.2) is 15.3 Å². The number of H-pyrrole nitrogens is 1. The largest absolute Gasteiger partial charge is 0.488 e. The highest BCUT2D eigenvalue weighted by Crippen LogP contribution is 2.13. The van der Waals surface area contributed by atoms with Gasteiger partial charge in [-0.05, 0) is 0 Å². The molecule has 0 spiro atoms. The molecule has 15 heavy (non-hydrogen) atoms. The maximum absolute atomic E-state index is 11.1. The second-order valence-electron chi connectivity index (χ2n) is 2.40. The fraction of sp³-hybridized carbons (Fsp3) is 0.286. The van der Waals surface area contributed by atoms with Crippen LogP contribution in [0, 0.1) is 0 Å². The number of nitrogens with zero attached hydrogens (tertiary/aromatic N) is 1. The van der Waals surface area contributed by atoms with E-state index in [4.69, 9.17) is 9.84 Å². The molecule has 82 valence electrons. The minimum atomic E-state index is -1.15. The van der Waals surface area contributed by atoms with Gasteiger partial charge in [0.05, 0.1) is 13.4 Å². The second kappa shape index (κ2) is 4.96. The molecule has 8 heteroatoms. The zero-order chi connectivity index (χ0) is 11.3. The Kier molecular flexibility index (Phi) is 3.63. The molecule has 0 atom stereocenters. The summed E-state index contributed by atoms with van der Waals surface area (Å²) < 4.78 is 4.74. The van der Waals surface area contributed by atoms with Crippen LogP contribution in [-0.4, -0.2) is 34.8 Å². The minimum Gasteiger partial charge on any atom is -0.488 e. The van der Waals surface area contributed by atoms with Gasteiger partial charge in [-0.2, -0.15) is 0 Å². The highest BCUT2D eigenvalue weighted by atomic mass is 16.7. The van der Waals surface area contributed by atoms with E-state index in [1.807, 2.05) is 0 Å². The van der Waals surface area contributed by atoms with Crippen molar-refractivity contribution in [2.75, 3.05) is 19.2 Å². The fourth-order valence-electron chi connectivity index (χ4n) is 0.815. The molecule has 3 N–H and O–H groups in total. The predicted octanol–water partition coefficient (Wildman–Crippen LogP) is -0.793. The van der Waals surface area contributed by atoms with Gasteiger partial charge in [-0.3, -0.25) is 9.63 Å². The molecule has 0 saturated carbocycles. The van der Waals surface area contributed by atoms with Gasteiger partial charge in [-0.1, -0.05) is 0 Å². The summed E-state index contributed by atoms with van der Waals surface area (Å²) in [6.07, 6.45) is 1.14. The van der Waals surface area contributed by atoms with E-state index in [1.165, 1.54) is 7.11 Å². The normalized spacial score (nSPS) is 9.67. The van der Waals surface area contributed by atoms with Crippen LogP contribution in [0.5, 0.6) is 5.75 Å². The van der Waals surface area contributed by atoms with Crippen molar-refractivity contribution in [1.82, 2.24) is 9.97 Å². The number of nitrogens with one attached hydrogen (secondary N) is 2. The molecule has 1 heterocycles. The Hall–Kier alpha value is -2.09. The third-order valence-corrected chi connectivity index (χ3v) is 1.38.